The molecule has 14 nitrogen and oxygen atoms in total. The first-order valence-electron chi connectivity index (χ1n) is 45.2. The number of allylic oxidation sites excluding steroid dienone is 5. The van der Waals surface area contributed by atoms with Gasteiger partial charge in [-0.15, -0.1) is 0 Å². The van der Waals surface area contributed by atoms with Crippen LogP contribution in [0.15, 0.2) is 36.5 Å². The zero-order chi connectivity index (χ0) is 75.1. The molecule has 12 unspecified atom stereocenters. The lowest BCUT2D eigenvalue weighted by atomic mass is 9.97. The minimum Gasteiger partial charge on any atom is -0.394 e. The van der Waals surface area contributed by atoms with E-state index in [0.29, 0.717) is 6.42 Å². The molecular formula is C90H171NO13. The summed E-state index contributed by atoms with van der Waals surface area (Å²) in [5, 5.41) is 87.9. The van der Waals surface area contributed by atoms with Crippen LogP contribution in [0.2, 0.25) is 0 Å². The van der Waals surface area contributed by atoms with Crippen molar-refractivity contribution in [3.63, 3.8) is 0 Å². The molecule has 2 aliphatic heterocycles. The van der Waals surface area contributed by atoms with E-state index >= 15 is 0 Å². The van der Waals surface area contributed by atoms with E-state index in [1.54, 1.807) is 6.08 Å². The van der Waals surface area contributed by atoms with Gasteiger partial charge in [0.25, 0.3) is 0 Å². The van der Waals surface area contributed by atoms with Crippen LogP contribution in [0, 0.1) is 0 Å². The largest absolute Gasteiger partial charge is 0.394 e. The van der Waals surface area contributed by atoms with Crippen LogP contribution < -0.4 is 5.32 Å². The number of aliphatic hydroxyl groups is 8. The average Bonchev–Trinajstić information content (AvgIpc) is 0.791. The molecule has 0 bridgehead atoms. The molecule has 14 heteroatoms. The topological polar surface area (TPSA) is 228 Å². The van der Waals surface area contributed by atoms with Crippen LogP contribution in [0.25, 0.3) is 0 Å². The normalized spacial score (nSPS) is 21.6. The van der Waals surface area contributed by atoms with Crippen LogP contribution in [0.4, 0.5) is 0 Å². The van der Waals surface area contributed by atoms with E-state index in [-0.39, 0.29) is 18.9 Å². The van der Waals surface area contributed by atoms with E-state index in [1.165, 1.54) is 366 Å². The molecule has 2 fully saturated rings. The Labute approximate surface area is 640 Å². The number of ether oxygens (including phenoxy) is 4. The van der Waals surface area contributed by atoms with Gasteiger partial charge in [0, 0.05) is 6.42 Å². The molecule has 104 heavy (non-hydrogen) atoms. The van der Waals surface area contributed by atoms with Crippen LogP contribution >= 0.6 is 0 Å². The highest BCUT2D eigenvalue weighted by Crippen LogP contribution is 2.31. The maximum atomic E-state index is 13.4. The van der Waals surface area contributed by atoms with E-state index < -0.39 is 86.8 Å². The molecule has 0 aromatic rings. The summed E-state index contributed by atoms with van der Waals surface area (Å²) in [6.07, 6.45) is 82.7. The maximum Gasteiger partial charge on any atom is 0.220 e. The third kappa shape index (κ3) is 55.6. The summed E-state index contributed by atoms with van der Waals surface area (Å²) in [5.41, 5.74) is 0. The van der Waals surface area contributed by atoms with Gasteiger partial charge in [-0.2, -0.15) is 0 Å². The van der Waals surface area contributed by atoms with Crippen molar-refractivity contribution >= 4 is 5.91 Å². The third-order valence-corrected chi connectivity index (χ3v) is 22.3. The number of rotatable bonds is 78. The standard InChI is InChI=1S/C90H171NO13/c1-3-5-7-9-11-13-15-17-19-21-23-25-27-29-31-33-35-36-37-38-39-40-41-42-44-46-48-50-52-54-56-58-60-62-64-66-68-70-72-74-82(95)91-78(77-101-89-87(100)85(98)88(81(76-93)103-89)104-90-86(99)84(97)83(96)80(75-92)102-90)79(94)73-71-69-67-65-63-61-59-57-55-53-51-49-47-45-43-34-32-30-28-26-24-22-20-18-16-14-12-10-8-6-4-2/h15,17,21,23,71,73,78-81,83-90,92-94,96-100H,3-14,16,18-20,22,24-70,72,74-77H2,1-2H3,(H,91,95)/b17-15-,23-21-,73-71+. The van der Waals surface area contributed by atoms with Gasteiger partial charge in [0.05, 0.1) is 32.0 Å². The van der Waals surface area contributed by atoms with Crippen molar-refractivity contribution in [3.8, 4) is 0 Å². The number of hydrogen-bond acceptors (Lipinski definition) is 13. The predicted octanol–water partition coefficient (Wildman–Crippen LogP) is 21.9. The highest BCUT2D eigenvalue weighted by Gasteiger charge is 2.51. The minimum absolute atomic E-state index is 0.229. The fourth-order valence-corrected chi connectivity index (χ4v) is 15.2. The van der Waals surface area contributed by atoms with Crippen molar-refractivity contribution in [2.24, 2.45) is 0 Å². The minimum atomic E-state index is -1.79. The number of nitrogens with one attached hydrogen (secondary N) is 1. The molecule has 0 aromatic heterocycles. The van der Waals surface area contributed by atoms with Gasteiger partial charge in [-0.25, -0.2) is 0 Å². The van der Waals surface area contributed by atoms with E-state index in [1.807, 2.05) is 6.08 Å². The number of hydrogen-bond donors (Lipinski definition) is 9. The second kappa shape index (κ2) is 74.0. The van der Waals surface area contributed by atoms with Gasteiger partial charge in [-0.3, -0.25) is 4.79 Å². The van der Waals surface area contributed by atoms with Gasteiger partial charge in [-0.1, -0.05) is 416 Å². The Kier molecular flexibility index (Phi) is 69.9. The lowest BCUT2D eigenvalue weighted by Crippen LogP contribution is -2.65. The Hall–Kier alpha value is -1.79. The fraction of sp³-hybridized carbons (Fsp3) is 0.922. The summed E-state index contributed by atoms with van der Waals surface area (Å²) in [7, 11) is 0. The quantitative estimate of drug-likeness (QED) is 0.0204. The Morgan fingerprint density at radius 1 is 0.346 bits per heavy atom. The van der Waals surface area contributed by atoms with Crippen LogP contribution in [0.1, 0.15) is 438 Å². The Bertz CT molecular complexity index is 1890. The van der Waals surface area contributed by atoms with Crippen LogP contribution in [0.5, 0.6) is 0 Å². The number of carbonyl (C=O) groups is 1. The van der Waals surface area contributed by atoms with Gasteiger partial charge < -0.3 is 65.1 Å². The average molecular weight is 1480 g/mol. The summed E-state index contributed by atoms with van der Waals surface area (Å²) in [6.45, 7) is 2.87. The summed E-state index contributed by atoms with van der Waals surface area (Å²) >= 11 is 0. The van der Waals surface area contributed by atoms with E-state index in [0.717, 1.165) is 44.9 Å². The molecule has 2 saturated heterocycles. The monoisotopic (exact) mass is 1470 g/mol. The highest BCUT2D eigenvalue weighted by atomic mass is 16.7. The Balaban J connectivity index is 1.55. The Morgan fingerprint density at radius 2 is 0.635 bits per heavy atom. The lowest BCUT2D eigenvalue weighted by molar-refractivity contribution is -0.359. The molecule has 0 radical (unpaired) electrons. The molecule has 614 valence electrons. The van der Waals surface area contributed by atoms with Gasteiger partial charge >= 0.3 is 0 Å². The third-order valence-electron chi connectivity index (χ3n) is 22.3. The zero-order valence-electron chi connectivity index (χ0n) is 67.8. The second-order valence-electron chi connectivity index (χ2n) is 32.1. The van der Waals surface area contributed by atoms with E-state index in [9.17, 15) is 45.6 Å². The van der Waals surface area contributed by atoms with Crippen molar-refractivity contribution in [1.29, 1.82) is 0 Å². The molecule has 2 aliphatic rings. The first-order chi connectivity index (χ1) is 51.1. The molecule has 2 heterocycles. The highest BCUT2D eigenvalue weighted by molar-refractivity contribution is 5.76. The summed E-state index contributed by atoms with van der Waals surface area (Å²) in [6, 6.07) is -0.915. The number of carbonyl (C=O) groups excluding carboxylic acids is 1. The molecule has 9 N–H and O–H groups in total. The van der Waals surface area contributed by atoms with Crippen LogP contribution in [0.3, 0.4) is 0 Å². The van der Waals surface area contributed by atoms with Crippen LogP contribution in [-0.2, 0) is 23.7 Å². The van der Waals surface area contributed by atoms with Gasteiger partial charge in [0.15, 0.2) is 12.6 Å². The smallest absolute Gasteiger partial charge is 0.220 e. The van der Waals surface area contributed by atoms with Gasteiger partial charge in [0.1, 0.15) is 48.8 Å². The van der Waals surface area contributed by atoms with Crippen LogP contribution in [-0.4, -0.2) is 140 Å². The molecule has 0 aliphatic carbocycles. The molecule has 0 saturated carbocycles. The summed E-state index contributed by atoms with van der Waals surface area (Å²) in [4.78, 5) is 13.4. The van der Waals surface area contributed by atoms with E-state index in [4.69, 9.17) is 18.9 Å². The van der Waals surface area contributed by atoms with Crippen molar-refractivity contribution in [3.05, 3.63) is 36.5 Å². The molecule has 2 rings (SSSR count). The first kappa shape index (κ1) is 98.3. The SMILES string of the molecule is CCCCCCC/C=C\C/C=C\CCCCCCCCCCCCCCCCCCCCCCCCCCCCCC(=O)NC(COC1OC(CO)C(OC2OC(CO)C(O)C(O)C2O)C(O)C1O)C(O)/C=C/CCCCCCCCCCCCCCCCCCCCCCCCCCCCCCC. The zero-order valence-corrected chi connectivity index (χ0v) is 67.8. The maximum absolute atomic E-state index is 13.4. The Morgan fingerprint density at radius 3 is 0.962 bits per heavy atom. The second-order valence-corrected chi connectivity index (χ2v) is 32.1. The predicted molar refractivity (Wildman–Crippen MR) is 434 cm³/mol. The lowest BCUT2D eigenvalue weighted by Gasteiger charge is -2.46. The number of aliphatic hydroxyl groups excluding tert-OH is 8. The van der Waals surface area contributed by atoms with Gasteiger partial charge in [0.2, 0.25) is 5.91 Å². The molecule has 0 aromatic carbocycles. The molecule has 0 spiro atoms. The first-order valence-corrected chi connectivity index (χ1v) is 45.2. The molecule has 12 atom stereocenters. The molecule has 1 amide bonds. The van der Waals surface area contributed by atoms with Crippen molar-refractivity contribution in [2.45, 2.75) is 511 Å². The van der Waals surface area contributed by atoms with Crippen molar-refractivity contribution in [1.82, 2.24) is 5.32 Å². The van der Waals surface area contributed by atoms with Crippen molar-refractivity contribution < 1.29 is 64.6 Å². The number of unbranched alkanes of at least 4 members (excludes halogenated alkanes) is 61. The van der Waals surface area contributed by atoms with E-state index in [2.05, 4.69) is 43.5 Å². The summed E-state index contributed by atoms with van der Waals surface area (Å²) in [5.74, 6) is -0.229. The van der Waals surface area contributed by atoms with Crippen molar-refractivity contribution in [2.75, 3.05) is 19.8 Å². The fourth-order valence-electron chi connectivity index (χ4n) is 15.2. The number of amides is 1. The summed E-state index contributed by atoms with van der Waals surface area (Å²) < 4.78 is 23.0. The van der Waals surface area contributed by atoms with Gasteiger partial charge in [-0.05, 0) is 51.4 Å². The molecular weight excluding hydrogens is 1300 g/mol.